The van der Waals surface area contributed by atoms with Gasteiger partial charge < -0.3 is 15.3 Å². The van der Waals surface area contributed by atoms with Crippen LogP contribution in [0, 0.1) is 0 Å². The molecule has 0 fully saturated rings. The number of nitrogens with one attached hydrogen (secondary N) is 1. The van der Waals surface area contributed by atoms with E-state index in [0.717, 1.165) is 0 Å². The minimum atomic E-state index is -0.832. The summed E-state index contributed by atoms with van der Waals surface area (Å²) in [5.41, 5.74) is -0.832. The highest BCUT2D eigenvalue weighted by atomic mass is 16.3. The molecule has 0 heterocycles. The molecule has 0 bridgehead atoms. The highest BCUT2D eigenvalue weighted by Gasteiger charge is 2.17. The van der Waals surface area contributed by atoms with Crippen LogP contribution in [0.1, 0.15) is 27.7 Å². The van der Waals surface area contributed by atoms with Crippen LogP contribution in [0.25, 0.3) is 0 Å². The van der Waals surface area contributed by atoms with Gasteiger partial charge in [0.05, 0.1) is 12.1 Å². The predicted molar refractivity (Wildman–Crippen MR) is 54.7 cm³/mol. The van der Waals surface area contributed by atoms with Gasteiger partial charge in [0, 0.05) is 14.1 Å². The van der Waals surface area contributed by atoms with E-state index in [1.54, 1.807) is 27.9 Å². The summed E-state index contributed by atoms with van der Waals surface area (Å²) in [5.74, 6) is 0. The maximum absolute atomic E-state index is 10.9. The standard InChI is InChI=1S/C7H16N2O2.C2H6/c1-7(2,11)5-9(4)6(10)8-3;1-2/h11H,5H2,1-4H3,(H,8,10);1-2H3. The number of carbonyl (C=O) groups is 1. The molecule has 13 heavy (non-hydrogen) atoms. The highest BCUT2D eigenvalue weighted by Crippen LogP contribution is 2.02. The van der Waals surface area contributed by atoms with Crippen LogP contribution in [0.4, 0.5) is 4.79 Å². The zero-order chi connectivity index (χ0) is 11.1. The van der Waals surface area contributed by atoms with Crippen LogP contribution < -0.4 is 5.32 Å². The summed E-state index contributed by atoms with van der Waals surface area (Å²) in [6, 6.07) is -0.188. The molecular formula is C9H22N2O2. The molecule has 2 amide bonds. The molecule has 0 aliphatic rings. The zero-order valence-electron chi connectivity index (χ0n) is 9.51. The summed E-state index contributed by atoms with van der Waals surface area (Å²) in [6.45, 7) is 7.64. The van der Waals surface area contributed by atoms with Crippen molar-refractivity contribution in [1.29, 1.82) is 0 Å². The third-order valence-electron chi connectivity index (χ3n) is 1.18. The Bertz CT molecular complexity index is 141. The Hall–Kier alpha value is -0.770. The van der Waals surface area contributed by atoms with E-state index in [0.29, 0.717) is 6.54 Å². The summed E-state index contributed by atoms with van der Waals surface area (Å²) < 4.78 is 0. The summed E-state index contributed by atoms with van der Waals surface area (Å²) in [6.07, 6.45) is 0. The molecule has 0 saturated carbocycles. The first-order chi connectivity index (χ1) is 5.87. The SMILES string of the molecule is CC.CNC(=O)N(C)CC(C)(C)O. The molecule has 0 spiro atoms. The van der Waals surface area contributed by atoms with Crippen LogP contribution in [0.3, 0.4) is 0 Å². The maximum Gasteiger partial charge on any atom is 0.316 e. The topological polar surface area (TPSA) is 52.6 Å². The van der Waals surface area contributed by atoms with Crippen molar-refractivity contribution in [2.45, 2.75) is 33.3 Å². The van der Waals surface area contributed by atoms with E-state index in [2.05, 4.69) is 5.32 Å². The van der Waals surface area contributed by atoms with Crippen molar-refractivity contribution in [3.05, 3.63) is 0 Å². The summed E-state index contributed by atoms with van der Waals surface area (Å²) >= 11 is 0. The van der Waals surface area contributed by atoms with Crippen LogP contribution in [0.15, 0.2) is 0 Å². The van der Waals surface area contributed by atoms with Gasteiger partial charge in [-0.15, -0.1) is 0 Å². The van der Waals surface area contributed by atoms with Gasteiger partial charge in [-0.05, 0) is 13.8 Å². The van der Waals surface area contributed by atoms with Gasteiger partial charge >= 0.3 is 6.03 Å². The van der Waals surface area contributed by atoms with E-state index in [9.17, 15) is 9.90 Å². The van der Waals surface area contributed by atoms with Gasteiger partial charge in [-0.2, -0.15) is 0 Å². The Balaban J connectivity index is 0. The van der Waals surface area contributed by atoms with Gasteiger partial charge in [0.25, 0.3) is 0 Å². The molecule has 0 aliphatic carbocycles. The first-order valence-corrected chi connectivity index (χ1v) is 4.52. The molecule has 4 heteroatoms. The first-order valence-electron chi connectivity index (χ1n) is 4.52. The van der Waals surface area contributed by atoms with Crippen molar-refractivity contribution in [2.75, 3.05) is 20.6 Å². The van der Waals surface area contributed by atoms with E-state index in [-0.39, 0.29) is 6.03 Å². The number of nitrogens with zero attached hydrogens (tertiary/aromatic N) is 1. The molecule has 0 aliphatic heterocycles. The van der Waals surface area contributed by atoms with Crippen molar-refractivity contribution in [3.63, 3.8) is 0 Å². The number of urea groups is 1. The Morgan fingerprint density at radius 2 is 1.85 bits per heavy atom. The fourth-order valence-corrected chi connectivity index (χ4v) is 0.843. The molecule has 0 aromatic heterocycles. The van der Waals surface area contributed by atoms with Crippen molar-refractivity contribution in [1.82, 2.24) is 10.2 Å². The van der Waals surface area contributed by atoms with Gasteiger partial charge in [0.1, 0.15) is 0 Å². The Morgan fingerprint density at radius 3 is 2.08 bits per heavy atom. The second-order valence-electron chi connectivity index (χ2n) is 3.22. The second-order valence-corrected chi connectivity index (χ2v) is 3.22. The van der Waals surface area contributed by atoms with Crippen LogP contribution in [0.2, 0.25) is 0 Å². The summed E-state index contributed by atoms with van der Waals surface area (Å²) in [7, 11) is 3.19. The second kappa shape index (κ2) is 6.71. The number of hydrogen-bond acceptors (Lipinski definition) is 2. The Kier molecular flexibility index (Phi) is 7.61. The average Bonchev–Trinajstić information content (AvgIpc) is 2.03. The number of hydrogen-bond donors (Lipinski definition) is 2. The minimum absolute atomic E-state index is 0.188. The lowest BCUT2D eigenvalue weighted by molar-refractivity contribution is 0.0535. The van der Waals surface area contributed by atoms with Gasteiger partial charge in [-0.3, -0.25) is 0 Å². The average molecular weight is 190 g/mol. The van der Waals surface area contributed by atoms with Gasteiger partial charge in [-0.25, -0.2) is 4.79 Å². The lowest BCUT2D eigenvalue weighted by Gasteiger charge is -2.24. The third-order valence-corrected chi connectivity index (χ3v) is 1.18. The lowest BCUT2D eigenvalue weighted by atomic mass is 10.1. The van der Waals surface area contributed by atoms with Gasteiger partial charge in [-0.1, -0.05) is 13.8 Å². The van der Waals surface area contributed by atoms with Crippen LogP contribution >= 0.6 is 0 Å². The minimum Gasteiger partial charge on any atom is -0.389 e. The maximum atomic E-state index is 10.9. The van der Waals surface area contributed by atoms with Crippen molar-refractivity contribution in [2.24, 2.45) is 0 Å². The number of aliphatic hydroxyl groups is 1. The van der Waals surface area contributed by atoms with Crippen LogP contribution in [0.5, 0.6) is 0 Å². The molecule has 0 saturated heterocycles. The van der Waals surface area contributed by atoms with Crippen LogP contribution in [-0.2, 0) is 0 Å². The van der Waals surface area contributed by atoms with E-state index in [1.807, 2.05) is 13.8 Å². The zero-order valence-corrected chi connectivity index (χ0v) is 9.51. The quantitative estimate of drug-likeness (QED) is 0.684. The molecule has 4 nitrogen and oxygen atoms in total. The van der Waals surface area contributed by atoms with E-state index >= 15 is 0 Å². The van der Waals surface area contributed by atoms with E-state index in [4.69, 9.17) is 0 Å². The molecule has 0 aromatic carbocycles. The number of rotatable bonds is 2. The molecule has 0 rings (SSSR count). The van der Waals surface area contributed by atoms with Crippen molar-refractivity contribution >= 4 is 6.03 Å². The Labute approximate surface area is 80.9 Å². The molecule has 80 valence electrons. The monoisotopic (exact) mass is 190 g/mol. The van der Waals surface area contributed by atoms with E-state index in [1.165, 1.54) is 4.90 Å². The number of likely N-dealkylation sites (N-methyl/N-ethyl adjacent to an activating group) is 1. The smallest absolute Gasteiger partial charge is 0.316 e. The van der Waals surface area contributed by atoms with E-state index < -0.39 is 5.60 Å². The fourth-order valence-electron chi connectivity index (χ4n) is 0.843. The first kappa shape index (κ1) is 14.7. The molecule has 0 radical (unpaired) electrons. The molecule has 0 aromatic rings. The van der Waals surface area contributed by atoms with Gasteiger partial charge in [0.15, 0.2) is 0 Å². The molecule has 0 unspecified atom stereocenters. The molecule has 2 N–H and O–H groups in total. The van der Waals surface area contributed by atoms with Crippen molar-refractivity contribution in [3.8, 4) is 0 Å². The molecule has 0 atom stereocenters. The lowest BCUT2D eigenvalue weighted by Crippen LogP contribution is -2.43. The highest BCUT2D eigenvalue weighted by molar-refractivity contribution is 5.73. The molecular weight excluding hydrogens is 168 g/mol. The number of amides is 2. The fraction of sp³-hybridized carbons (Fsp3) is 0.889. The largest absolute Gasteiger partial charge is 0.389 e. The summed E-state index contributed by atoms with van der Waals surface area (Å²) in [5, 5.41) is 11.8. The number of carbonyl (C=O) groups excluding carboxylic acids is 1. The normalized spacial score (nSPS) is 9.77. The van der Waals surface area contributed by atoms with Gasteiger partial charge in [0.2, 0.25) is 0 Å². The third kappa shape index (κ3) is 9.14. The predicted octanol–water partition coefficient (Wildman–Crippen LogP) is 1.05. The summed E-state index contributed by atoms with van der Waals surface area (Å²) in [4.78, 5) is 12.3. The van der Waals surface area contributed by atoms with Crippen molar-refractivity contribution < 1.29 is 9.90 Å². The Morgan fingerprint density at radius 1 is 1.46 bits per heavy atom. The van der Waals surface area contributed by atoms with Crippen LogP contribution in [-0.4, -0.2) is 42.3 Å².